The number of hydrogen-bond acceptors (Lipinski definition) is 4. The van der Waals surface area contributed by atoms with E-state index in [1.807, 2.05) is 30.3 Å². The molecule has 1 fully saturated rings. The predicted octanol–water partition coefficient (Wildman–Crippen LogP) is 2.46. The van der Waals surface area contributed by atoms with E-state index in [2.05, 4.69) is 0 Å². The number of amides is 1. The Labute approximate surface area is 171 Å². The zero-order valence-corrected chi connectivity index (χ0v) is 17.6. The smallest absolute Gasteiger partial charge is 0.251 e. The third kappa shape index (κ3) is 4.76. The first-order valence-electron chi connectivity index (χ1n) is 9.81. The molecular formula is C21H27N3O4S. The van der Waals surface area contributed by atoms with Crippen LogP contribution in [0.2, 0.25) is 0 Å². The standard InChI is InChI=1S/C21H27N3O4S/c1-22(2)29(27,28)19-13-14-20(25)23(15-19)16-21(26)24(17-9-5-3-6-10-17)18-11-7-4-8-12-18/h3,5-6,9-10,13-15,18H,4,7-8,11-12,16H2,1-2H3. The Hall–Kier alpha value is -2.45. The van der Waals surface area contributed by atoms with E-state index in [0.29, 0.717) is 0 Å². The molecule has 1 amide bonds. The van der Waals surface area contributed by atoms with Gasteiger partial charge in [-0.05, 0) is 31.0 Å². The van der Waals surface area contributed by atoms with Crippen molar-refractivity contribution >= 4 is 21.6 Å². The minimum atomic E-state index is -3.70. The van der Waals surface area contributed by atoms with Crippen molar-refractivity contribution in [3.05, 3.63) is 59.0 Å². The van der Waals surface area contributed by atoms with Crippen molar-refractivity contribution in [3.63, 3.8) is 0 Å². The number of para-hydroxylation sites is 1. The average molecular weight is 418 g/mol. The molecule has 2 aromatic rings. The number of nitrogens with zero attached hydrogens (tertiary/aromatic N) is 3. The van der Waals surface area contributed by atoms with Crippen LogP contribution < -0.4 is 10.5 Å². The van der Waals surface area contributed by atoms with Crippen molar-refractivity contribution in [2.75, 3.05) is 19.0 Å². The molecule has 0 N–H and O–H groups in total. The lowest BCUT2D eigenvalue weighted by molar-refractivity contribution is -0.119. The maximum atomic E-state index is 13.3. The van der Waals surface area contributed by atoms with Crippen LogP contribution in [0.4, 0.5) is 5.69 Å². The molecule has 1 aromatic carbocycles. The maximum Gasteiger partial charge on any atom is 0.251 e. The predicted molar refractivity (Wildman–Crippen MR) is 112 cm³/mol. The average Bonchev–Trinajstić information content (AvgIpc) is 2.71. The number of aromatic nitrogens is 1. The van der Waals surface area contributed by atoms with Gasteiger partial charge in [0.25, 0.3) is 5.56 Å². The van der Waals surface area contributed by atoms with Gasteiger partial charge in [-0.2, -0.15) is 0 Å². The van der Waals surface area contributed by atoms with Gasteiger partial charge < -0.3 is 9.47 Å². The number of carbonyl (C=O) groups is 1. The molecule has 8 heteroatoms. The Morgan fingerprint density at radius 1 is 1.03 bits per heavy atom. The van der Waals surface area contributed by atoms with Crippen LogP contribution in [0.5, 0.6) is 0 Å². The van der Waals surface area contributed by atoms with E-state index in [9.17, 15) is 18.0 Å². The second kappa shape index (κ2) is 8.92. The second-order valence-electron chi connectivity index (χ2n) is 7.51. The van der Waals surface area contributed by atoms with Crippen LogP contribution in [0.1, 0.15) is 32.1 Å². The molecule has 0 unspecified atom stereocenters. The molecule has 156 valence electrons. The fraction of sp³-hybridized carbons (Fsp3) is 0.429. The molecule has 1 aliphatic carbocycles. The van der Waals surface area contributed by atoms with E-state index in [4.69, 9.17) is 0 Å². The molecule has 0 atom stereocenters. The fourth-order valence-electron chi connectivity index (χ4n) is 3.70. The summed E-state index contributed by atoms with van der Waals surface area (Å²) in [6.07, 6.45) is 6.39. The summed E-state index contributed by atoms with van der Waals surface area (Å²) in [7, 11) is -0.843. The minimum Gasteiger partial charge on any atom is -0.308 e. The highest BCUT2D eigenvalue weighted by Crippen LogP contribution is 2.27. The van der Waals surface area contributed by atoms with Gasteiger partial charge in [0.1, 0.15) is 6.54 Å². The third-order valence-electron chi connectivity index (χ3n) is 5.28. The highest BCUT2D eigenvalue weighted by molar-refractivity contribution is 7.89. The number of anilines is 1. The summed E-state index contributed by atoms with van der Waals surface area (Å²) < 4.78 is 27.1. The van der Waals surface area contributed by atoms with Gasteiger partial charge in [0.05, 0.1) is 4.90 Å². The number of carbonyl (C=O) groups excluding carboxylic acids is 1. The topological polar surface area (TPSA) is 79.7 Å². The third-order valence-corrected chi connectivity index (χ3v) is 7.08. The van der Waals surface area contributed by atoms with E-state index >= 15 is 0 Å². The van der Waals surface area contributed by atoms with Gasteiger partial charge >= 0.3 is 0 Å². The van der Waals surface area contributed by atoms with Crippen molar-refractivity contribution in [2.45, 2.75) is 49.6 Å². The van der Waals surface area contributed by atoms with Gasteiger partial charge in [-0.3, -0.25) is 9.59 Å². The molecule has 7 nitrogen and oxygen atoms in total. The van der Waals surface area contributed by atoms with Gasteiger partial charge in [-0.25, -0.2) is 12.7 Å². The second-order valence-corrected chi connectivity index (χ2v) is 9.66. The van der Waals surface area contributed by atoms with E-state index in [0.717, 1.165) is 42.1 Å². The van der Waals surface area contributed by atoms with Gasteiger partial charge in [0.2, 0.25) is 15.9 Å². The minimum absolute atomic E-state index is 0.0150. The number of benzene rings is 1. The Morgan fingerprint density at radius 2 is 1.69 bits per heavy atom. The number of rotatable bonds is 6. The van der Waals surface area contributed by atoms with Gasteiger partial charge in [-0.1, -0.05) is 37.5 Å². The van der Waals surface area contributed by atoms with Crippen molar-refractivity contribution in [1.82, 2.24) is 8.87 Å². The maximum absolute atomic E-state index is 13.3. The molecule has 29 heavy (non-hydrogen) atoms. The summed E-state index contributed by atoms with van der Waals surface area (Å²) in [6, 6.07) is 12.0. The van der Waals surface area contributed by atoms with Gasteiger partial charge in [0.15, 0.2) is 0 Å². The molecule has 3 rings (SSSR count). The van der Waals surface area contributed by atoms with Crippen molar-refractivity contribution in [3.8, 4) is 0 Å². The molecule has 0 aliphatic heterocycles. The highest BCUT2D eigenvalue weighted by atomic mass is 32.2. The SMILES string of the molecule is CN(C)S(=O)(=O)c1ccc(=O)n(CC(=O)N(c2ccccc2)C2CCCCC2)c1. The first kappa shape index (κ1) is 21.3. The van der Waals surface area contributed by atoms with Crippen LogP contribution in [0, 0.1) is 0 Å². The molecule has 0 bridgehead atoms. The summed E-state index contributed by atoms with van der Waals surface area (Å²) in [5.74, 6) is -0.218. The van der Waals surface area contributed by atoms with E-state index < -0.39 is 15.6 Å². The Morgan fingerprint density at radius 3 is 2.31 bits per heavy atom. The highest BCUT2D eigenvalue weighted by Gasteiger charge is 2.27. The van der Waals surface area contributed by atoms with E-state index in [1.165, 1.54) is 37.0 Å². The van der Waals surface area contributed by atoms with Gasteiger partial charge in [-0.15, -0.1) is 0 Å². The normalized spacial score (nSPS) is 15.4. The first-order valence-corrected chi connectivity index (χ1v) is 11.2. The molecular weight excluding hydrogens is 390 g/mol. The molecule has 1 aliphatic rings. The number of sulfonamides is 1. The van der Waals surface area contributed by atoms with Crippen LogP contribution in [0.3, 0.4) is 0 Å². The van der Waals surface area contributed by atoms with Crippen molar-refractivity contribution in [1.29, 1.82) is 0 Å². The van der Waals surface area contributed by atoms with Crippen LogP contribution >= 0.6 is 0 Å². The van der Waals surface area contributed by atoms with Crippen molar-refractivity contribution < 1.29 is 13.2 Å². The quantitative estimate of drug-likeness (QED) is 0.723. The molecule has 1 saturated carbocycles. The van der Waals surface area contributed by atoms with Crippen LogP contribution in [0.15, 0.2) is 58.4 Å². The molecule has 1 heterocycles. The summed E-state index contributed by atoms with van der Waals surface area (Å²) in [5, 5.41) is 0. The lowest BCUT2D eigenvalue weighted by atomic mass is 9.93. The Balaban J connectivity index is 1.93. The van der Waals surface area contributed by atoms with E-state index in [1.54, 1.807) is 4.90 Å². The monoisotopic (exact) mass is 417 g/mol. The largest absolute Gasteiger partial charge is 0.308 e. The van der Waals surface area contributed by atoms with Crippen molar-refractivity contribution in [2.24, 2.45) is 0 Å². The summed E-state index contributed by atoms with van der Waals surface area (Å²) in [6.45, 7) is -0.207. The zero-order valence-electron chi connectivity index (χ0n) is 16.8. The van der Waals surface area contributed by atoms with Crippen LogP contribution in [-0.4, -0.2) is 43.3 Å². The first-order chi connectivity index (χ1) is 13.8. The lowest BCUT2D eigenvalue weighted by Gasteiger charge is -2.34. The Bertz CT molecular complexity index is 1010. The molecule has 0 spiro atoms. The van der Waals surface area contributed by atoms with Crippen LogP contribution in [-0.2, 0) is 21.4 Å². The van der Waals surface area contributed by atoms with Gasteiger partial charge in [0, 0.05) is 38.1 Å². The molecule has 0 saturated heterocycles. The number of hydrogen-bond donors (Lipinski definition) is 0. The van der Waals surface area contributed by atoms with E-state index in [-0.39, 0.29) is 23.4 Å². The number of pyridine rings is 1. The summed E-state index contributed by atoms with van der Waals surface area (Å²) in [4.78, 5) is 27.4. The zero-order chi connectivity index (χ0) is 21.0. The lowest BCUT2D eigenvalue weighted by Crippen LogP contribution is -2.44. The Kier molecular flexibility index (Phi) is 6.54. The van der Waals surface area contributed by atoms with Crippen LogP contribution in [0.25, 0.3) is 0 Å². The summed E-state index contributed by atoms with van der Waals surface area (Å²) >= 11 is 0. The molecule has 1 aromatic heterocycles. The fourth-order valence-corrected chi connectivity index (χ4v) is 4.63. The summed E-state index contributed by atoms with van der Waals surface area (Å²) in [5.41, 5.74) is 0.391. The molecule has 0 radical (unpaired) electrons.